The van der Waals surface area contributed by atoms with Gasteiger partial charge in [0, 0.05) is 28.6 Å². The number of carboxylic acids is 1. The lowest BCUT2D eigenvalue weighted by atomic mass is 9.63. The van der Waals surface area contributed by atoms with Crippen LogP contribution in [-0.4, -0.2) is 54.6 Å². The average molecular weight is 745 g/mol. The maximum absolute atomic E-state index is 14.8. The number of aliphatic hydroxyl groups is 1. The minimum atomic E-state index is -2.76. The molecule has 2 fully saturated rings. The molecule has 1 saturated carbocycles. The second-order valence-electron chi connectivity index (χ2n) is 15.5. The number of hydrogen-bond acceptors (Lipinski definition) is 4. The molecule has 0 radical (unpaired) electrons. The van der Waals surface area contributed by atoms with Crippen LogP contribution < -0.4 is 10.4 Å². The van der Waals surface area contributed by atoms with E-state index in [2.05, 4.69) is 69.3 Å². The van der Waals surface area contributed by atoms with Crippen LogP contribution in [0.25, 0.3) is 0 Å². The Morgan fingerprint density at radius 1 is 0.902 bits per heavy atom. The summed E-state index contributed by atoms with van der Waals surface area (Å²) < 4.78 is 7.42. The van der Waals surface area contributed by atoms with E-state index in [9.17, 15) is 19.8 Å². The van der Waals surface area contributed by atoms with Crippen molar-refractivity contribution in [3.8, 4) is 0 Å². The Hall–Kier alpha value is -3.46. The summed E-state index contributed by atoms with van der Waals surface area (Å²) in [6.07, 6.45) is 1.82. The number of piperidine rings is 1. The number of aliphatic carboxylic acids is 1. The van der Waals surface area contributed by atoms with Crippen molar-refractivity contribution in [2.45, 2.75) is 70.1 Å². The van der Waals surface area contributed by atoms with Crippen LogP contribution in [0.2, 0.25) is 15.1 Å². The number of hydrogen-bond donors (Lipinski definition) is 2. The number of aliphatic hydroxyl groups excluding tert-OH is 1. The molecule has 1 aliphatic heterocycles. The van der Waals surface area contributed by atoms with Crippen molar-refractivity contribution in [2.24, 2.45) is 17.3 Å². The number of rotatable bonds is 12. The summed E-state index contributed by atoms with van der Waals surface area (Å²) >= 11 is 12.8. The Morgan fingerprint density at radius 2 is 1.51 bits per heavy atom. The first kappa shape index (κ1) is 37.3. The van der Waals surface area contributed by atoms with Crippen molar-refractivity contribution < 1.29 is 24.2 Å². The molecule has 0 bridgehead atoms. The van der Waals surface area contributed by atoms with Crippen LogP contribution in [0.1, 0.15) is 70.0 Å². The van der Waals surface area contributed by atoms with E-state index in [0.29, 0.717) is 23.0 Å². The fraction of sp³-hybridized carbons (Fsp3) is 0.381. The third-order valence-electron chi connectivity index (χ3n) is 11.2. The van der Waals surface area contributed by atoms with Gasteiger partial charge in [-0.05, 0) is 82.9 Å². The van der Waals surface area contributed by atoms with Gasteiger partial charge in [-0.1, -0.05) is 129 Å². The summed E-state index contributed by atoms with van der Waals surface area (Å²) in [5.41, 5.74) is 0.462. The van der Waals surface area contributed by atoms with Gasteiger partial charge in [-0.2, -0.15) is 0 Å². The highest BCUT2D eigenvalue weighted by molar-refractivity contribution is 6.99. The molecule has 1 heterocycles. The summed E-state index contributed by atoms with van der Waals surface area (Å²) in [5.74, 6) is -2.80. The van der Waals surface area contributed by atoms with E-state index in [1.165, 1.54) is 10.4 Å². The molecular weight excluding hydrogens is 697 g/mol. The summed E-state index contributed by atoms with van der Waals surface area (Å²) in [4.78, 5) is 29.2. The molecule has 0 spiro atoms. The largest absolute Gasteiger partial charge is 0.481 e. The molecule has 0 aromatic heterocycles. The van der Waals surface area contributed by atoms with Gasteiger partial charge in [0.15, 0.2) is 0 Å². The first-order valence-corrected chi connectivity index (χ1v) is 20.4. The summed E-state index contributed by atoms with van der Waals surface area (Å²) in [6.45, 7) is 8.28. The normalized spacial score (nSPS) is 24.3. The van der Waals surface area contributed by atoms with Crippen LogP contribution >= 0.6 is 23.2 Å². The Kier molecular flexibility index (Phi) is 10.9. The highest BCUT2D eigenvalue weighted by atomic mass is 35.5. The van der Waals surface area contributed by atoms with Crippen LogP contribution in [0.4, 0.5) is 0 Å². The highest BCUT2D eigenvalue weighted by Gasteiger charge is 2.57. The summed E-state index contributed by atoms with van der Waals surface area (Å²) in [6, 6.07) is 35.9. The van der Waals surface area contributed by atoms with Crippen molar-refractivity contribution in [2.75, 3.05) is 13.2 Å². The van der Waals surface area contributed by atoms with Crippen LogP contribution in [0, 0.1) is 17.3 Å². The minimum Gasteiger partial charge on any atom is -0.481 e. The molecule has 6 unspecified atom stereocenters. The lowest BCUT2D eigenvalue weighted by Gasteiger charge is -2.51. The molecule has 268 valence electrons. The Balaban J connectivity index is 1.35. The molecule has 6 atom stereocenters. The smallest absolute Gasteiger partial charge is 0.309 e. The van der Waals surface area contributed by atoms with Gasteiger partial charge in [0.2, 0.25) is 5.91 Å². The van der Waals surface area contributed by atoms with Gasteiger partial charge < -0.3 is 19.5 Å². The molecule has 1 aliphatic carbocycles. The van der Waals surface area contributed by atoms with Crippen molar-refractivity contribution in [1.29, 1.82) is 0 Å². The van der Waals surface area contributed by atoms with Crippen molar-refractivity contribution in [3.05, 3.63) is 130 Å². The van der Waals surface area contributed by atoms with Gasteiger partial charge in [-0.15, -0.1) is 0 Å². The van der Waals surface area contributed by atoms with Crippen molar-refractivity contribution in [3.63, 3.8) is 0 Å². The number of benzene rings is 4. The zero-order valence-corrected chi connectivity index (χ0v) is 32.1. The number of likely N-dealkylation sites (tertiary alicyclic amines) is 1. The Morgan fingerprint density at radius 3 is 2.04 bits per heavy atom. The average Bonchev–Trinajstić information content (AvgIpc) is 3.86. The molecule has 6 nitrogen and oxygen atoms in total. The fourth-order valence-corrected chi connectivity index (χ4v) is 13.5. The molecule has 4 aromatic carbocycles. The summed E-state index contributed by atoms with van der Waals surface area (Å²) in [7, 11) is -2.76. The van der Waals surface area contributed by atoms with E-state index in [1.807, 2.05) is 59.5 Å². The molecule has 6 rings (SSSR count). The summed E-state index contributed by atoms with van der Waals surface area (Å²) in [5, 5.41) is 24.1. The lowest BCUT2D eigenvalue weighted by molar-refractivity contribution is -0.167. The van der Waals surface area contributed by atoms with Crippen LogP contribution in [0.3, 0.4) is 0 Å². The van der Waals surface area contributed by atoms with E-state index in [4.69, 9.17) is 27.6 Å². The van der Waals surface area contributed by atoms with Gasteiger partial charge in [-0.25, -0.2) is 0 Å². The molecule has 51 heavy (non-hydrogen) atoms. The predicted molar refractivity (Wildman–Crippen MR) is 206 cm³/mol. The number of nitrogens with zero attached hydrogens (tertiary/aromatic N) is 1. The van der Waals surface area contributed by atoms with Crippen LogP contribution in [-0.2, 0) is 14.0 Å². The van der Waals surface area contributed by atoms with E-state index >= 15 is 0 Å². The maximum atomic E-state index is 14.8. The van der Waals surface area contributed by atoms with E-state index in [-0.39, 0.29) is 35.3 Å². The third-order valence-corrected chi connectivity index (χ3v) is 16.7. The molecule has 4 aromatic rings. The minimum absolute atomic E-state index is 0.0181. The van der Waals surface area contributed by atoms with Gasteiger partial charge in [0.05, 0.1) is 24.0 Å². The van der Waals surface area contributed by atoms with Crippen molar-refractivity contribution >= 4 is 53.8 Å². The second-order valence-corrected chi connectivity index (χ2v) is 20.6. The number of carbonyl (C=O) groups excluding carboxylic acids is 1. The standard InChI is InChI=1S/C42H47Cl2NO5Si/c1-41(2,3)51(33-14-7-5-8-15-33,34-16-9-6-10-17-34)50-37-25-30(37)22-23-45-38(28-18-20-31(43)21-19-28)35(29-12-11-13-32(44)24-29)26-42(4,40(45)49)36(27-46)39(47)48/h5-21,24,30,35-38,46H,22-23,25-27H2,1-4H3,(H,47,48). The zero-order valence-electron chi connectivity index (χ0n) is 29.6. The van der Waals surface area contributed by atoms with Crippen LogP contribution in [0.5, 0.6) is 0 Å². The Bertz CT molecular complexity index is 1790. The quantitative estimate of drug-likeness (QED) is 0.143. The van der Waals surface area contributed by atoms with Gasteiger partial charge in [0.1, 0.15) is 0 Å². The van der Waals surface area contributed by atoms with E-state index in [0.717, 1.165) is 17.5 Å². The topological polar surface area (TPSA) is 87.1 Å². The predicted octanol–water partition coefficient (Wildman–Crippen LogP) is 8.11. The molecular formula is C42H47Cl2NO5Si. The number of carbonyl (C=O) groups is 2. The fourth-order valence-electron chi connectivity index (χ4n) is 8.41. The number of carboxylic acid groups (broad SMARTS) is 1. The van der Waals surface area contributed by atoms with Crippen molar-refractivity contribution in [1.82, 2.24) is 4.90 Å². The monoisotopic (exact) mass is 743 g/mol. The number of amides is 1. The first-order valence-electron chi connectivity index (χ1n) is 17.7. The first-order chi connectivity index (χ1) is 24.3. The van der Waals surface area contributed by atoms with Gasteiger partial charge >= 0.3 is 5.97 Å². The third kappa shape index (κ3) is 7.29. The SMILES string of the molecule is CC1(C(CO)C(=O)O)CC(c2cccc(Cl)c2)C(c2ccc(Cl)cc2)N(CCC2CC2O[Si](c2ccccc2)(c2ccccc2)C(C)(C)C)C1=O. The second kappa shape index (κ2) is 14.9. The molecule has 2 N–H and O–H groups in total. The van der Waals surface area contributed by atoms with Gasteiger partial charge in [0.25, 0.3) is 8.32 Å². The van der Waals surface area contributed by atoms with Gasteiger partial charge in [-0.3, -0.25) is 9.59 Å². The lowest BCUT2D eigenvalue weighted by Crippen LogP contribution is -2.67. The molecule has 2 aliphatic rings. The zero-order chi connectivity index (χ0) is 36.6. The number of halogens is 2. The Labute approximate surface area is 312 Å². The molecule has 9 heteroatoms. The van der Waals surface area contributed by atoms with Crippen LogP contribution in [0.15, 0.2) is 109 Å². The van der Waals surface area contributed by atoms with E-state index in [1.54, 1.807) is 13.0 Å². The molecule has 1 saturated heterocycles. The molecule has 1 amide bonds. The van der Waals surface area contributed by atoms with E-state index < -0.39 is 38.3 Å². The highest BCUT2D eigenvalue weighted by Crippen LogP contribution is 2.53. The maximum Gasteiger partial charge on any atom is 0.309 e.